The highest BCUT2D eigenvalue weighted by molar-refractivity contribution is 6.42. The predicted molar refractivity (Wildman–Crippen MR) is 76.8 cm³/mol. The second-order valence-electron chi connectivity index (χ2n) is 4.02. The van der Waals surface area contributed by atoms with E-state index in [4.69, 9.17) is 23.2 Å². The molecule has 0 saturated heterocycles. The fourth-order valence-electron chi connectivity index (χ4n) is 1.61. The van der Waals surface area contributed by atoms with Crippen LogP contribution >= 0.6 is 23.2 Å². The van der Waals surface area contributed by atoms with Crippen LogP contribution in [0.3, 0.4) is 0 Å². The second kappa shape index (κ2) is 6.07. The minimum absolute atomic E-state index is 0.0604. The molecule has 0 fully saturated rings. The Morgan fingerprint density at radius 3 is 2.55 bits per heavy atom. The Morgan fingerprint density at radius 2 is 1.90 bits per heavy atom. The Labute approximate surface area is 124 Å². The normalized spacial score (nSPS) is 10.3. The van der Waals surface area contributed by atoms with Crippen LogP contribution in [-0.2, 0) is 6.54 Å². The monoisotopic (exact) mass is 314 g/mol. The Balaban J connectivity index is 2.15. The maximum atomic E-state index is 13.5. The van der Waals surface area contributed by atoms with Crippen molar-refractivity contribution in [2.75, 3.05) is 5.32 Å². The number of halogens is 3. The van der Waals surface area contributed by atoms with Gasteiger partial charge in [-0.15, -0.1) is 0 Å². The zero-order chi connectivity index (χ0) is 14.7. The third-order valence-electron chi connectivity index (χ3n) is 2.63. The smallest absolute Gasteiger partial charge is 0.271 e. The lowest BCUT2D eigenvalue weighted by Gasteiger charge is -2.08. The summed E-state index contributed by atoms with van der Waals surface area (Å²) in [4.78, 5) is 10.1. The van der Waals surface area contributed by atoms with E-state index in [9.17, 15) is 14.5 Å². The molecular weight excluding hydrogens is 306 g/mol. The van der Waals surface area contributed by atoms with Gasteiger partial charge in [-0.3, -0.25) is 10.1 Å². The number of benzene rings is 2. The molecule has 20 heavy (non-hydrogen) atoms. The van der Waals surface area contributed by atoms with E-state index in [0.717, 1.165) is 23.8 Å². The van der Waals surface area contributed by atoms with Gasteiger partial charge in [-0.05, 0) is 23.8 Å². The van der Waals surface area contributed by atoms with Crippen LogP contribution in [0.2, 0.25) is 10.0 Å². The van der Waals surface area contributed by atoms with Gasteiger partial charge in [0.15, 0.2) is 0 Å². The summed E-state index contributed by atoms with van der Waals surface area (Å²) in [6.45, 7) is 0.273. The minimum Gasteiger partial charge on any atom is -0.378 e. The van der Waals surface area contributed by atoms with Gasteiger partial charge >= 0.3 is 0 Å². The van der Waals surface area contributed by atoms with E-state index >= 15 is 0 Å². The molecule has 2 aromatic carbocycles. The largest absolute Gasteiger partial charge is 0.378 e. The first-order valence-corrected chi connectivity index (χ1v) is 6.34. The summed E-state index contributed by atoms with van der Waals surface area (Å²) in [6.07, 6.45) is 0. The van der Waals surface area contributed by atoms with Gasteiger partial charge in [0.2, 0.25) is 0 Å². The topological polar surface area (TPSA) is 55.2 Å². The SMILES string of the molecule is O=[N+]([O-])c1ccc(F)c(NCc2ccc(Cl)c(Cl)c2)c1. The number of hydrogen-bond acceptors (Lipinski definition) is 3. The van der Waals surface area contributed by atoms with Crippen molar-refractivity contribution in [2.24, 2.45) is 0 Å². The number of anilines is 1. The van der Waals surface area contributed by atoms with Crippen molar-refractivity contribution in [3.63, 3.8) is 0 Å². The average molecular weight is 315 g/mol. The summed E-state index contributed by atoms with van der Waals surface area (Å²) in [7, 11) is 0. The molecule has 0 spiro atoms. The number of nitro groups is 1. The quantitative estimate of drug-likeness (QED) is 0.660. The number of non-ortho nitro benzene ring substituents is 1. The van der Waals surface area contributed by atoms with Crippen molar-refractivity contribution >= 4 is 34.6 Å². The Kier molecular flexibility index (Phi) is 4.42. The number of hydrogen-bond donors (Lipinski definition) is 1. The van der Waals surface area contributed by atoms with Gasteiger partial charge in [-0.25, -0.2) is 4.39 Å². The molecule has 0 heterocycles. The first kappa shape index (κ1) is 14.6. The summed E-state index contributed by atoms with van der Waals surface area (Å²) < 4.78 is 13.5. The highest BCUT2D eigenvalue weighted by Crippen LogP contribution is 2.24. The van der Waals surface area contributed by atoms with Crippen molar-refractivity contribution in [1.82, 2.24) is 0 Å². The predicted octanol–water partition coefficient (Wildman–Crippen LogP) is 4.65. The molecule has 0 aliphatic heterocycles. The molecule has 2 rings (SSSR count). The van der Waals surface area contributed by atoms with Crippen molar-refractivity contribution in [1.29, 1.82) is 0 Å². The lowest BCUT2D eigenvalue weighted by Crippen LogP contribution is -2.02. The summed E-state index contributed by atoms with van der Waals surface area (Å²) in [5, 5.41) is 14.3. The van der Waals surface area contributed by atoms with Crippen molar-refractivity contribution < 1.29 is 9.31 Å². The molecule has 0 bridgehead atoms. The van der Waals surface area contributed by atoms with E-state index in [2.05, 4.69) is 5.32 Å². The van der Waals surface area contributed by atoms with E-state index in [1.54, 1.807) is 18.2 Å². The van der Waals surface area contributed by atoms with E-state index in [-0.39, 0.29) is 17.9 Å². The molecule has 0 aromatic heterocycles. The molecule has 0 radical (unpaired) electrons. The van der Waals surface area contributed by atoms with Crippen LogP contribution in [-0.4, -0.2) is 4.92 Å². The first-order valence-electron chi connectivity index (χ1n) is 5.59. The summed E-state index contributed by atoms with van der Waals surface area (Å²) in [5.74, 6) is -0.560. The molecule has 7 heteroatoms. The lowest BCUT2D eigenvalue weighted by atomic mass is 10.2. The molecule has 104 valence electrons. The zero-order valence-electron chi connectivity index (χ0n) is 10.1. The van der Waals surface area contributed by atoms with Crippen LogP contribution in [0.4, 0.5) is 15.8 Å². The molecule has 0 atom stereocenters. The fourth-order valence-corrected chi connectivity index (χ4v) is 1.93. The van der Waals surface area contributed by atoms with Crippen LogP contribution in [0, 0.1) is 15.9 Å². The van der Waals surface area contributed by atoms with Crippen LogP contribution < -0.4 is 5.32 Å². The van der Waals surface area contributed by atoms with E-state index in [1.807, 2.05) is 0 Å². The van der Waals surface area contributed by atoms with Gasteiger partial charge in [0, 0.05) is 18.7 Å². The molecule has 0 aliphatic rings. The van der Waals surface area contributed by atoms with Crippen LogP contribution in [0.15, 0.2) is 36.4 Å². The molecule has 0 amide bonds. The van der Waals surface area contributed by atoms with Crippen molar-refractivity contribution in [3.05, 3.63) is 67.9 Å². The molecule has 0 aliphatic carbocycles. The highest BCUT2D eigenvalue weighted by Gasteiger charge is 2.10. The zero-order valence-corrected chi connectivity index (χ0v) is 11.6. The Morgan fingerprint density at radius 1 is 1.15 bits per heavy atom. The van der Waals surface area contributed by atoms with Gasteiger partial charge in [0.25, 0.3) is 5.69 Å². The standard InChI is InChI=1S/C13H9Cl2FN2O2/c14-10-3-1-8(5-11(10)15)7-17-13-6-9(18(19)20)2-4-12(13)16/h1-6,17H,7H2. The molecule has 1 N–H and O–H groups in total. The fraction of sp³-hybridized carbons (Fsp3) is 0.0769. The van der Waals surface area contributed by atoms with Gasteiger partial charge in [0.05, 0.1) is 20.7 Å². The van der Waals surface area contributed by atoms with Crippen LogP contribution in [0.1, 0.15) is 5.56 Å². The number of nitrogens with one attached hydrogen (secondary N) is 1. The van der Waals surface area contributed by atoms with Gasteiger partial charge < -0.3 is 5.32 Å². The molecule has 2 aromatic rings. The number of rotatable bonds is 4. The lowest BCUT2D eigenvalue weighted by molar-refractivity contribution is -0.384. The van der Waals surface area contributed by atoms with E-state index in [1.165, 1.54) is 0 Å². The number of nitrogens with zero attached hydrogens (tertiary/aromatic N) is 1. The van der Waals surface area contributed by atoms with Crippen molar-refractivity contribution in [3.8, 4) is 0 Å². The van der Waals surface area contributed by atoms with Crippen LogP contribution in [0.5, 0.6) is 0 Å². The summed E-state index contributed by atoms with van der Waals surface area (Å²) >= 11 is 11.7. The highest BCUT2D eigenvalue weighted by atomic mass is 35.5. The van der Waals surface area contributed by atoms with Gasteiger partial charge in [-0.2, -0.15) is 0 Å². The average Bonchev–Trinajstić information content (AvgIpc) is 2.41. The Hall–Kier alpha value is -1.85. The minimum atomic E-state index is -0.580. The second-order valence-corrected chi connectivity index (χ2v) is 4.84. The summed E-state index contributed by atoms with van der Waals surface area (Å²) in [5.41, 5.74) is 0.665. The van der Waals surface area contributed by atoms with E-state index < -0.39 is 10.7 Å². The molecule has 0 saturated carbocycles. The van der Waals surface area contributed by atoms with Crippen LogP contribution in [0.25, 0.3) is 0 Å². The molecule has 4 nitrogen and oxygen atoms in total. The molecular formula is C13H9Cl2FN2O2. The first-order chi connectivity index (χ1) is 9.47. The molecule has 0 unspecified atom stereocenters. The Bertz CT molecular complexity index is 665. The third-order valence-corrected chi connectivity index (χ3v) is 3.37. The third kappa shape index (κ3) is 3.37. The maximum absolute atomic E-state index is 13.5. The number of nitro benzene ring substituents is 1. The summed E-state index contributed by atoms with van der Waals surface area (Å²) in [6, 6.07) is 8.31. The van der Waals surface area contributed by atoms with Gasteiger partial charge in [0.1, 0.15) is 5.82 Å². The van der Waals surface area contributed by atoms with E-state index in [0.29, 0.717) is 10.0 Å². The van der Waals surface area contributed by atoms with Gasteiger partial charge in [-0.1, -0.05) is 29.3 Å². The maximum Gasteiger partial charge on any atom is 0.271 e. The van der Waals surface area contributed by atoms with Crippen molar-refractivity contribution in [2.45, 2.75) is 6.54 Å².